The summed E-state index contributed by atoms with van der Waals surface area (Å²) >= 11 is 0. The normalized spacial score (nSPS) is 14.9. The number of nitrogens with one attached hydrogen (secondary N) is 1. The lowest BCUT2D eigenvalue weighted by Crippen LogP contribution is -2.23. The molecule has 3 N–H and O–H groups in total. The van der Waals surface area contributed by atoms with Crippen LogP contribution in [0.4, 0.5) is 13.2 Å². The first-order valence-electron chi connectivity index (χ1n) is 5.98. The molecule has 0 amide bonds. The number of carbonyl (C=O) groups is 1. The first kappa shape index (κ1) is 16.6. The molecule has 0 aliphatic rings. The van der Waals surface area contributed by atoms with Gasteiger partial charge in [0.1, 0.15) is 6.10 Å². The molecule has 0 bridgehead atoms. The second-order valence-corrected chi connectivity index (χ2v) is 4.37. The topological polar surface area (TPSA) is 69.6 Å². The third-order valence-electron chi connectivity index (χ3n) is 2.91. The summed E-state index contributed by atoms with van der Waals surface area (Å²) in [5, 5.41) is 22.3. The summed E-state index contributed by atoms with van der Waals surface area (Å²) in [5.74, 6) is 0. The van der Waals surface area contributed by atoms with E-state index in [2.05, 4.69) is 5.32 Å². The van der Waals surface area contributed by atoms with E-state index in [0.717, 1.165) is 6.07 Å². The molecule has 0 fully saturated rings. The molecule has 0 aliphatic heterocycles. The van der Waals surface area contributed by atoms with E-state index in [-0.39, 0.29) is 18.3 Å². The SMILES string of the molecule is CNCCC(O)C(O)c1ccc(C=O)c(C(F)(F)F)c1. The van der Waals surface area contributed by atoms with Crippen molar-refractivity contribution in [3.8, 4) is 0 Å². The van der Waals surface area contributed by atoms with Crippen LogP contribution >= 0.6 is 0 Å². The molecule has 1 rings (SSSR count). The van der Waals surface area contributed by atoms with Crippen LogP contribution in [-0.4, -0.2) is 36.2 Å². The molecular weight excluding hydrogens is 275 g/mol. The molecule has 0 saturated heterocycles. The van der Waals surface area contributed by atoms with Gasteiger partial charge in [0.2, 0.25) is 0 Å². The van der Waals surface area contributed by atoms with Gasteiger partial charge in [-0.15, -0.1) is 0 Å². The maximum atomic E-state index is 12.8. The summed E-state index contributed by atoms with van der Waals surface area (Å²) in [6.07, 6.45) is -7.02. The molecule has 2 unspecified atom stereocenters. The molecule has 1 aromatic carbocycles. The van der Waals surface area contributed by atoms with E-state index in [0.29, 0.717) is 12.6 Å². The van der Waals surface area contributed by atoms with Crippen LogP contribution in [-0.2, 0) is 6.18 Å². The zero-order valence-corrected chi connectivity index (χ0v) is 10.8. The first-order chi connectivity index (χ1) is 9.31. The van der Waals surface area contributed by atoms with Crippen molar-refractivity contribution in [1.82, 2.24) is 5.32 Å². The molecule has 0 radical (unpaired) electrons. The molecule has 0 aromatic heterocycles. The van der Waals surface area contributed by atoms with Gasteiger partial charge in [0, 0.05) is 5.56 Å². The van der Waals surface area contributed by atoms with Gasteiger partial charge in [-0.05, 0) is 31.6 Å². The molecule has 7 heteroatoms. The van der Waals surface area contributed by atoms with Crippen molar-refractivity contribution in [2.75, 3.05) is 13.6 Å². The Bertz CT molecular complexity index is 463. The van der Waals surface area contributed by atoms with Crippen LogP contribution in [0.3, 0.4) is 0 Å². The predicted octanol–water partition coefficient (Wildman–Crippen LogP) is 1.52. The minimum absolute atomic E-state index is 0.0773. The second kappa shape index (κ2) is 6.83. The third-order valence-corrected chi connectivity index (χ3v) is 2.91. The van der Waals surface area contributed by atoms with E-state index in [1.807, 2.05) is 0 Å². The van der Waals surface area contributed by atoms with Gasteiger partial charge in [0.05, 0.1) is 11.7 Å². The van der Waals surface area contributed by atoms with E-state index in [1.165, 1.54) is 6.07 Å². The lowest BCUT2D eigenvalue weighted by atomic mass is 9.97. The third kappa shape index (κ3) is 4.03. The van der Waals surface area contributed by atoms with Crippen molar-refractivity contribution >= 4 is 6.29 Å². The highest BCUT2D eigenvalue weighted by atomic mass is 19.4. The zero-order valence-electron chi connectivity index (χ0n) is 10.8. The van der Waals surface area contributed by atoms with E-state index >= 15 is 0 Å². The van der Waals surface area contributed by atoms with Gasteiger partial charge in [-0.2, -0.15) is 13.2 Å². The number of alkyl halides is 3. The highest BCUT2D eigenvalue weighted by molar-refractivity contribution is 5.77. The Labute approximate surface area is 114 Å². The Morgan fingerprint density at radius 1 is 1.35 bits per heavy atom. The summed E-state index contributed by atoms with van der Waals surface area (Å²) in [4.78, 5) is 10.6. The van der Waals surface area contributed by atoms with Gasteiger partial charge in [0.15, 0.2) is 6.29 Å². The van der Waals surface area contributed by atoms with E-state index in [4.69, 9.17) is 0 Å². The average Bonchev–Trinajstić information content (AvgIpc) is 2.42. The Balaban J connectivity index is 3.05. The summed E-state index contributed by atoms with van der Waals surface area (Å²) in [6.45, 7) is 0.413. The molecule has 0 aliphatic carbocycles. The minimum Gasteiger partial charge on any atom is -0.390 e. The number of aliphatic hydroxyl groups excluding tert-OH is 2. The van der Waals surface area contributed by atoms with Crippen molar-refractivity contribution < 1.29 is 28.2 Å². The largest absolute Gasteiger partial charge is 0.417 e. The van der Waals surface area contributed by atoms with E-state index in [9.17, 15) is 28.2 Å². The Morgan fingerprint density at radius 2 is 2.00 bits per heavy atom. The smallest absolute Gasteiger partial charge is 0.390 e. The van der Waals surface area contributed by atoms with Crippen LogP contribution < -0.4 is 5.32 Å². The fraction of sp³-hybridized carbons (Fsp3) is 0.462. The van der Waals surface area contributed by atoms with Gasteiger partial charge in [-0.25, -0.2) is 0 Å². The number of hydrogen-bond acceptors (Lipinski definition) is 4. The molecule has 112 valence electrons. The number of rotatable bonds is 6. The number of benzene rings is 1. The van der Waals surface area contributed by atoms with Crippen LogP contribution in [0.5, 0.6) is 0 Å². The minimum atomic E-state index is -4.69. The molecule has 20 heavy (non-hydrogen) atoms. The van der Waals surface area contributed by atoms with Crippen molar-refractivity contribution in [3.63, 3.8) is 0 Å². The highest BCUT2D eigenvalue weighted by Gasteiger charge is 2.34. The lowest BCUT2D eigenvalue weighted by Gasteiger charge is -2.20. The van der Waals surface area contributed by atoms with Crippen molar-refractivity contribution in [3.05, 3.63) is 34.9 Å². The monoisotopic (exact) mass is 291 g/mol. The zero-order chi connectivity index (χ0) is 15.3. The first-order valence-corrected chi connectivity index (χ1v) is 5.98. The Kier molecular flexibility index (Phi) is 5.67. The maximum Gasteiger partial charge on any atom is 0.417 e. The van der Waals surface area contributed by atoms with E-state index < -0.39 is 29.5 Å². The number of halogens is 3. The summed E-state index contributed by atoms with van der Waals surface area (Å²) in [5.41, 5.74) is -1.70. The molecular formula is C13H16F3NO3. The van der Waals surface area contributed by atoms with Gasteiger partial charge >= 0.3 is 6.18 Å². The Hall–Kier alpha value is -1.44. The molecule has 0 heterocycles. The number of aliphatic hydroxyl groups is 2. The summed E-state index contributed by atoms with van der Waals surface area (Å²) in [6, 6.07) is 2.88. The molecule has 4 nitrogen and oxygen atoms in total. The van der Waals surface area contributed by atoms with Gasteiger partial charge in [-0.3, -0.25) is 4.79 Å². The van der Waals surface area contributed by atoms with Crippen LogP contribution in [0.25, 0.3) is 0 Å². The van der Waals surface area contributed by atoms with Crippen molar-refractivity contribution in [2.24, 2.45) is 0 Å². The van der Waals surface area contributed by atoms with E-state index in [1.54, 1.807) is 7.05 Å². The van der Waals surface area contributed by atoms with Crippen molar-refractivity contribution in [2.45, 2.75) is 24.8 Å². The van der Waals surface area contributed by atoms with Crippen LogP contribution in [0.2, 0.25) is 0 Å². The van der Waals surface area contributed by atoms with Crippen molar-refractivity contribution in [1.29, 1.82) is 0 Å². The fourth-order valence-electron chi connectivity index (χ4n) is 1.78. The lowest BCUT2D eigenvalue weighted by molar-refractivity contribution is -0.138. The highest BCUT2D eigenvalue weighted by Crippen LogP contribution is 2.33. The van der Waals surface area contributed by atoms with Gasteiger partial charge in [-0.1, -0.05) is 12.1 Å². The van der Waals surface area contributed by atoms with Crippen LogP contribution in [0.15, 0.2) is 18.2 Å². The number of aldehydes is 1. The number of carbonyl (C=O) groups excluding carboxylic acids is 1. The molecule has 2 atom stereocenters. The number of hydrogen-bond donors (Lipinski definition) is 3. The summed E-state index contributed by atoms with van der Waals surface area (Å²) < 4.78 is 38.3. The predicted molar refractivity (Wildman–Crippen MR) is 66.3 cm³/mol. The summed E-state index contributed by atoms with van der Waals surface area (Å²) in [7, 11) is 1.65. The molecule has 0 saturated carbocycles. The standard InChI is InChI=1S/C13H16F3NO3/c1-17-5-4-11(19)12(20)8-2-3-9(7-18)10(6-8)13(14,15)16/h2-3,6-7,11-12,17,19-20H,4-5H2,1H3. The second-order valence-electron chi connectivity index (χ2n) is 4.37. The fourth-order valence-corrected chi connectivity index (χ4v) is 1.78. The maximum absolute atomic E-state index is 12.8. The van der Waals surface area contributed by atoms with Crippen LogP contribution in [0.1, 0.15) is 34.0 Å². The van der Waals surface area contributed by atoms with Crippen LogP contribution in [0, 0.1) is 0 Å². The quantitative estimate of drug-likeness (QED) is 0.695. The average molecular weight is 291 g/mol. The molecule has 0 spiro atoms. The van der Waals surface area contributed by atoms with Gasteiger partial charge in [0.25, 0.3) is 0 Å². The Morgan fingerprint density at radius 3 is 2.50 bits per heavy atom. The molecule has 1 aromatic rings. The van der Waals surface area contributed by atoms with Gasteiger partial charge < -0.3 is 15.5 Å².